The summed E-state index contributed by atoms with van der Waals surface area (Å²) < 4.78 is 10.6. The fraction of sp³-hybridized carbons (Fsp3) is 0.429. The van der Waals surface area contributed by atoms with E-state index in [0.29, 0.717) is 29.7 Å². The van der Waals surface area contributed by atoms with Crippen molar-refractivity contribution in [1.82, 2.24) is 4.98 Å². The maximum atomic E-state index is 12.7. The molecule has 0 spiro atoms. The zero-order valence-corrected chi connectivity index (χ0v) is 15.7. The van der Waals surface area contributed by atoms with E-state index in [2.05, 4.69) is 4.98 Å². The molecule has 0 fully saturated rings. The Bertz CT molecular complexity index is 819. The molecule has 1 aliphatic rings. The van der Waals surface area contributed by atoms with E-state index in [1.807, 2.05) is 45.0 Å². The number of ether oxygens (including phenoxy) is 2. The normalized spacial score (nSPS) is 17.5. The highest BCUT2D eigenvalue weighted by molar-refractivity contribution is 6.03. The van der Waals surface area contributed by atoms with Crippen LogP contribution in [0.5, 0.6) is 5.75 Å². The topological polar surface area (TPSA) is 68.4 Å². The molecule has 0 saturated heterocycles. The molecule has 0 aliphatic heterocycles. The first kappa shape index (κ1) is 18.2. The molecule has 26 heavy (non-hydrogen) atoms. The van der Waals surface area contributed by atoms with Gasteiger partial charge in [0.05, 0.1) is 13.2 Å². The number of carbonyl (C=O) groups excluding carboxylic acids is 2. The van der Waals surface area contributed by atoms with E-state index in [9.17, 15) is 9.59 Å². The third kappa shape index (κ3) is 3.39. The van der Waals surface area contributed by atoms with Gasteiger partial charge in [0.25, 0.3) is 0 Å². The van der Waals surface area contributed by atoms with Crippen molar-refractivity contribution in [2.24, 2.45) is 0 Å². The summed E-state index contributed by atoms with van der Waals surface area (Å²) in [4.78, 5) is 28.3. The first-order valence-corrected chi connectivity index (χ1v) is 9.04. The average Bonchev–Trinajstić information content (AvgIpc) is 2.98. The lowest BCUT2D eigenvalue weighted by atomic mass is 9.81. The number of rotatable bonds is 5. The summed E-state index contributed by atoms with van der Waals surface area (Å²) in [6.45, 7) is 5.64. The predicted octanol–water partition coefficient (Wildman–Crippen LogP) is 4.20. The second kappa shape index (κ2) is 7.36. The number of aromatic nitrogens is 1. The minimum atomic E-state index is -0.389. The van der Waals surface area contributed by atoms with Crippen molar-refractivity contribution in [2.75, 3.05) is 7.11 Å². The predicted molar refractivity (Wildman–Crippen MR) is 99.1 cm³/mol. The van der Waals surface area contributed by atoms with E-state index in [-0.39, 0.29) is 23.8 Å². The van der Waals surface area contributed by atoms with Crippen LogP contribution < -0.4 is 4.74 Å². The molecule has 0 bridgehead atoms. The smallest absolute Gasteiger partial charge is 0.355 e. The number of aromatic amines is 1. The maximum Gasteiger partial charge on any atom is 0.355 e. The van der Waals surface area contributed by atoms with Crippen molar-refractivity contribution in [3.8, 4) is 5.75 Å². The molecule has 1 heterocycles. The molecule has 1 aromatic carbocycles. The van der Waals surface area contributed by atoms with Crippen molar-refractivity contribution < 1.29 is 19.1 Å². The summed E-state index contributed by atoms with van der Waals surface area (Å²) in [5, 5.41) is 0. The molecule has 1 aromatic heterocycles. The van der Waals surface area contributed by atoms with Gasteiger partial charge in [-0.15, -0.1) is 0 Å². The molecule has 2 aromatic rings. The third-order valence-electron chi connectivity index (χ3n) is 5.16. The van der Waals surface area contributed by atoms with Crippen LogP contribution in [0, 0.1) is 6.92 Å². The zero-order valence-electron chi connectivity index (χ0n) is 15.7. The van der Waals surface area contributed by atoms with Gasteiger partial charge in [0.1, 0.15) is 11.4 Å². The van der Waals surface area contributed by atoms with Crippen molar-refractivity contribution in [1.29, 1.82) is 0 Å². The number of H-pyrrole nitrogens is 1. The molecule has 1 N–H and O–H groups in total. The Morgan fingerprint density at radius 1 is 1.27 bits per heavy atom. The molecule has 5 nitrogen and oxygen atoms in total. The second-order valence-electron chi connectivity index (χ2n) is 6.90. The second-order valence-corrected chi connectivity index (χ2v) is 6.90. The van der Waals surface area contributed by atoms with Gasteiger partial charge in [-0.05, 0) is 55.9 Å². The highest BCUT2D eigenvalue weighted by Crippen LogP contribution is 2.35. The molecular weight excluding hydrogens is 330 g/mol. The summed E-state index contributed by atoms with van der Waals surface area (Å²) in [7, 11) is 1.63. The van der Waals surface area contributed by atoms with Crippen molar-refractivity contribution in [3.05, 3.63) is 52.3 Å². The van der Waals surface area contributed by atoms with Gasteiger partial charge in [0, 0.05) is 17.7 Å². The number of ketones is 1. The lowest BCUT2D eigenvalue weighted by molar-refractivity contribution is 0.0327. The zero-order chi connectivity index (χ0) is 18.8. The van der Waals surface area contributed by atoms with Crippen molar-refractivity contribution in [2.45, 2.75) is 52.1 Å². The van der Waals surface area contributed by atoms with Crippen LogP contribution in [0.3, 0.4) is 0 Å². The standard InChI is InChI=1S/C21H25NO4/c1-5-12(2)26-21(24)20-13(3)19-17(22-20)10-15(11-18(19)23)14-6-8-16(25-4)9-7-14/h6-9,12,15,22H,5,10-11H2,1-4H3/t12-,15+/m0/s1. The van der Waals surface area contributed by atoms with Crippen LogP contribution in [0.15, 0.2) is 24.3 Å². The molecule has 5 heteroatoms. The van der Waals surface area contributed by atoms with Gasteiger partial charge in [-0.25, -0.2) is 4.79 Å². The molecule has 1 aliphatic carbocycles. The highest BCUT2D eigenvalue weighted by Gasteiger charge is 2.32. The molecule has 2 atom stereocenters. The molecule has 3 rings (SSSR count). The number of Topliss-reactive ketones (excluding diaryl/α,β-unsaturated/α-hetero) is 1. The average molecular weight is 355 g/mol. The van der Waals surface area contributed by atoms with E-state index in [4.69, 9.17) is 9.47 Å². The van der Waals surface area contributed by atoms with E-state index in [1.165, 1.54) is 0 Å². The Hall–Kier alpha value is -2.56. The molecule has 138 valence electrons. The number of hydrogen-bond donors (Lipinski definition) is 1. The van der Waals surface area contributed by atoms with Gasteiger partial charge in [0.2, 0.25) is 0 Å². The molecule has 0 saturated carbocycles. The van der Waals surface area contributed by atoms with Gasteiger partial charge in [-0.3, -0.25) is 4.79 Å². The largest absolute Gasteiger partial charge is 0.497 e. The first-order chi connectivity index (χ1) is 12.4. The van der Waals surface area contributed by atoms with E-state index >= 15 is 0 Å². The van der Waals surface area contributed by atoms with E-state index in [0.717, 1.165) is 23.4 Å². The van der Waals surface area contributed by atoms with Crippen LogP contribution in [0.1, 0.15) is 70.3 Å². The van der Waals surface area contributed by atoms with Crippen LogP contribution in [0.25, 0.3) is 0 Å². The fourth-order valence-electron chi connectivity index (χ4n) is 3.47. The van der Waals surface area contributed by atoms with Crippen LogP contribution in [0.4, 0.5) is 0 Å². The van der Waals surface area contributed by atoms with E-state index in [1.54, 1.807) is 7.11 Å². The number of hydrogen-bond acceptors (Lipinski definition) is 4. The lowest BCUT2D eigenvalue weighted by Gasteiger charge is -2.22. The quantitative estimate of drug-likeness (QED) is 0.816. The molecule has 0 radical (unpaired) electrons. The minimum absolute atomic E-state index is 0.0726. The van der Waals surface area contributed by atoms with Crippen LogP contribution in [-0.4, -0.2) is 30.0 Å². The summed E-state index contributed by atoms with van der Waals surface area (Å²) in [6.07, 6.45) is 1.75. The highest BCUT2D eigenvalue weighted by atomic mass is 16.5. The minimum Gasteiger partial charge on any atom is -0.497 e. The number of benzene rings is 1. The summed E-state index contributed by atoms with van der Waals surface area (Å²) in [5.41, 5.74) is 3.69. The Morgan fingerprint density at radius 2 is 1.96 bits per heavy atom. The summed E-state index contributed by atoms with van der Waals surface area (Å²) in [6, 6.07) is 7.81. The number of nitrogens with one attached hydrogen (secondary N) is 1. The van der Waals surface area contributed by atoms with Gasteiger partial charge in [0.15, 0.2) is 5.78 Å². The molecular formula is C21H25NO4. The SMILES string of the molecule is CC[C@H](C)OC(=O)c1[nH]c2c(c1C)C(=O)C[C@H](c1ccc(OC)cc1)C2. The van der Waals surface area contributed by atoms with Crippen LogP contribution in [0.2, 0.25) is 0 Å². The Morgan fingerprint density at radius 3 is 2.58 bits per heavy atom. The number of esters is 1. The number of methoxy groups -OCH3 is 1. The van der Waals surface area contributed by atoms with Gasteiger partial charge in [-0.2, -0.15) is 0 Å². The van der Waals surface area contributed by atoms with Gasteiger partial charge in [-0.1, -0.05) is 19.1 Å². The molecule has 0 unspecified atom stereocenters. The van der Waals surface area contributed by atoms with Crippen molar-refractivity contribution in [3.63, 3.8) is 0 Å². The summed E-state index contributed by atoms with van der Waals surface area (Å²) in [5.74, 6) is 0.572. The van der Waals surface area contributed by atoms with Crippen LogP contribution in [-0.2, 0) is 11.2 Å². The Kier molecular flexibility index (Phi) is 5.16. The third-order valence-corrected chi connectivity index (χ3v) is 5.16. The van der Waals surface area contributed by atoms with Crippen molar-refractivity contribution >= 4 is 11.8 Å². The molecule has 0 amide bonds. The first-order valence-electron chi connectivity index (χ1n) is 9.04. The van der Waals surface area contributed by atoms with Crippen LogP contribution >= 0.6 is 0 Å². The van der Waals surface area contributed by atoms with Gasteiger partial charge < -0.3 is 14.5 Å². The fourth-order valence-corrected chi connectivity index (χ4v) is 3.47. The lowest BCUT2D eigenvalue weighted by Crippen LogP contribution is -2.18. The Labute approximate surface area is 153 Å². The summed E-state index contributed by atoms with van der Waals surface area (Å²) >= 11 is 0. The Balaban J connectivity index is 1.87. The number of carbonyl (C=O) groups is 2. The maximum absolute atomic E-state index is 12.7. The van der Waals surface area contributed by atoms with Gasteiger partial charge >= 0.3 is 5.97 Å². The number of fused-ring (bicyclic) bond motifs is 1. The monoisotopic (exact) mass is 355 g/mol. The van der Waals surface area contributed by atoms with E-state index < -0.39 is 0 Å².